The first kappa shape index (κ1) is 12.8. The third kappa shape index (κ3) is 3.68. The van der Waals surface area contributed by atoms with Gasteiger partial charge in [0.25, 0.3) is 0 Å². The van der Waals surface area contributed by atoms with Crippen molar-refractivity contribution in [3.8, 4) is 0 Å². The van der Waals surface area contributed by atoms with Gasteiger partial charge in [-0.2, -0.15) is 0 Å². The Morgan fingerprint density at radius 3 is 2.41 bits per heavy atom. The number of amides is 1. The van der Waals surface area contributed by atoms with Gasteiger partial charge in [0.05, 0.1) is 13.2 Å². The van der Waals surface area contributed by atoms with Gasteiger partial charge in [-0.05, 0) is 25.7 Å². The Morgan fingerprint density at radius 2 is 1.88 bits per heavy atom. The predicted octanol–water partition coefficient (Wildman–Crippen LogP) is 0.892. The van der Waals surface area contributed by atoms with E-state index < -0.39 is 0 Å². The van der Waals surface area contributed by atoms with E-state index >= 15 is 0 Å². The molecule has 2 N–H and O–H groups in total. The largest absolute Gasteiger partial charge is 0.395 e. The molecule has 4 heteroatoms. The van der Waals surface area contributed by atoms with Gasteiger partial charge >= 0.3 is 0 Å². The van der Waals surface area contributed by atoms with E-state index in [0.29, 0.717) is 25.2 Å². The van der Waals surface area contributed by atoms with Crippen molar-refractivity contribution in [1.82, 2.24) is 10.2 Å². The quantitative estimate of drug-likeness (QED) is 0.725. The van der Waals surface area contributed by atoms with Gasteiger partial charge in [0.1, 0.15) is 0 Å². The van der Waals surface area contributed by atoms with E-state index in [2.05, 4.69) is 10.2 Å². The molecule has 0 aromatic carbocycles. The molecule has 0 saturated heterocycles. The second-order valence-corrected chi connectivity index (χ2v) is 5.33. The third-order valence-corrected chi connectivity index (χ3v) is 4.05. The number of rotatable bonds is 6. The van der Waals surface area contributed by atoms with Gasteiger partial charge in [-0.15, -0.1) is 0 Å². The van der Waals surface area contributed by atoms with Gasteiger partial charge in [0, 0.05) is 18.6 Å². The number of hydrogen-bond acceptors (Lipinski definition) is 3. The first-order chi connectivity index (χ1) is 8.29. The summed E-state index contributed by atoms with van der Waals surface area (Å²) < 4.78 is 0. The molecular weight excluding hydrogens is 216 g/mol. The van der Waals surface area contributed by atoms with E-state index in [1.807, 2.05) is 0 Å². The van der Waals surface area contributed by atoms with Crippen LogP contribution in [0.1, 0.15) is 44.9 Å². The normalized spacial score (nSPS) is 21.8. The fraction of sp³-hybridized carbons (Fsp3) is 0.923. The highest BCUT2D eigenvalue weighted by Crippen LogP contribution is 2.24. The fourth-order valence-electron chi connectivity index (χ4n) is 2.80. The summed E-state index contributed by atoms with van der Waals surface area (Å²) in [5.41, 5.74) is 0. The number of nitrogens with zero attached hydrogens (tertiary/aromatic N) is 1. The van der Waals surface area contributed by atoms with E-state index in [0.717, 1.165) is 12.8 Å². The standard InChI is InChI=1S/C13H24N2O2/c16-9-8-15(12-6-3-7-12)10-13(17)14-11-4-1-2-5-11/h11-12,16H,1-10H2,(H,14,17). The molecule has 0 radical (unpaired) electrons. The van der Waals surface area contributed by atoms with Crippen LogP contribution in [0.2, 0.25) is 0 Å². The smallest absolute Gasteiger partial charge is 0.234 e. The highest BCUT2D eigenvalue weighted by molar-refractivity contribution is 5.78. The topological polar surface area (TPSA) is 52.6 Å². The molecular formula is C13H24N2O2. The van der Waals surface area contributed by atoms with Crippen LogP contribution in [-0.4, -0.2) is 47.7 Å². The highest BCUT2D eigenvalue weighted by Gasteiger charge is 2.26. The molecule has 0 heterocycles. The molecule has 2 aliphatic carbocycles. The number of hydrogen-bond donors (Lipinski definition) is 2. The van der Waals surface area contributed by atoms with E-state index in [1.54, 1.807) is 0 Å². The number of aliphatic hydroxyl groups is 1. The zero-order valence-corrected chi connectivity index (χ0v) is 10.5. The average Bonchev–Trinajstić information content (AvgIpc) is 2.67. The SMILES string of the molecule is O=C(CN(CCO)C1CCC1)NC1CCCC1. The maximum Gasteiger partial charge on any atom is 0.234 e. The Labute approximate surface area is 103 Å². The molecule has 2 aliphatic rings. The average molecular weight is 240 g/mol. The highest BCUT2D eigenvalue weighted by atomic mass is 16.3. The van der Waals surface area contributed by atoms with Crippen molar-refractivity contribution in [2.45, 2.75) is 57.0 Å². The minimum absolute atomic E-state index is 0.136. The molecule has 0 aromatic heterocycles. The lowest BCUT2D eigenvalue weighted by molar-refractivity contribution is -0.124. The summed E-state index contributed by atoms with van der Waals surface area (Å²) in [6, 6.07) is 0.927. The molecule has 0 spiro atoms. The molecule has 0 atom stereocenters. The Morgan fingerprint density at radius 1 is 1.18 bits per heavy atom. The molecule has 0 aliphatic heterocycles. The first-order valence-corrected chi connectivity index (χ1v) is 6.94. The summed E-state index contributed by atoms with van der Waals surface area (Å²) >= 11 is 0. The Hall–Kier alpha value is -0.610. The molecule has 1 amide bonds. The second-order valence-electron chi connectivity index (χ2n) is 5.33. The summed E-state index contributed by atoms with van der Waals surface area (Å²) in [6.45, 7) is 1.23. The van der Waals surface area contributed by atoms with Gasteiger partial charge in [-0.1, -0.05) is 19.3 Å². The number of aliphatic hydroxyl groups excluding tert-OH is 1. The minimum atomic E-state index is 0.136. The zero-order valence-electron chi connectivity index (χ0n) is 10.5. The lowest BCUT2D eigenvalue weighted by atomic mass is 9.91. The van der Waals surface area contributed by atoms with Crippen LogP contribution in [0.15, 0.2) is 0 Å². The van der Waals surface area contributed by atoms with Crippen LogP contribution in [0, 0.1) is 0 Å². The monoisotopic (exact) mass is 240 g/mol. The molecule has 0 unspecified atom stereocenters. The van der Waals surface area contributed by atoms with Gasteiger partial charge in [0.15, 0.2) is 0 Å². The van der Waals surface area contributed by atoms with Gasteiger partial charge in [-0.25, -0.2) is 0 Å². The van der Waals surface area contributed by atoms with Gasteiger partial charge < -0.3 is 10.4 Å². The summed E-state index contributed by atoms with van der Waals surface area (Å²) in [6.07, 6.45) is 8.37. The maximum atomic E-state index is 11.9. The first-order valence-electron chi connectivity index (χ1n) is 6.94. The van der Waals surface area contributed by atoms with Crippen LogP contribution in [0.25, 0.3) is 0 Å². The minimum Gasteiger partial charge on any atom is -0.395 e. The maximum absolute atomic E-state index is 11.9. The van der Waals surface area contributed by atoms with E-state index in [1.165, 1.54) is 32.1 Å². The van der Waals surface area contributed by atoms with Crippen molar-refractivity contribution in [2.75, 3.05) is 19.7 Å². The molecule has 2 rings (SSSR count). The predicted molar refractivity (Wildman–Crippen MR) is 66.7 cm³/mol. The van der Waals surface area contributed by atoms with Crippen molar-refractivity contribution in [2.24, 2.45) is 0 Å². The van der Waals surface area contributed by atoms with Gasteiger partial charge in [0.2, 0.25) is 5.91 Å². The Balaban J connectivity index is 1.73. The van der Waals surface area contributed by atoms with Crippen molar-refractivity contribution in [3.05, 3.63) is 0 Å². The molecule has 0 bridgehead atoms. The lowest BCUT2D eigenvalue weighted by Crippen LogP contribution is -2.48. The molecule has 4 nitrogen and oxygen atoms in total. The van der Waals surface area contributed by atoms with Crippen LogP contribution in [0.4, 0.5) is 0 Å². The van der Waals surface area contributed by atoms with Crippen molar-refractivity contribution in [1.29, 1.82) is 0 Å². The van der Waals surface area contributed by atoms with E-state index in [-0.39, 0.29) is 12.5 Å². The Bertz CT molecular complexity index is 248. The number of carbonyl (C=O) groups excluding carboxylic acids is 1. The van der Waals surface area contributed by atoms with Crippen LogP contribution < -0.4 is 5.32 Å². The van der Waals surface area contributed by atoms with E-state index in [4.69, 9.17) is 5.11 Å². The van der Waals surface area contributed by atoms with Crippen LogP contribution in [-0.2, 0) is 4.79 Å². The molecule has 98 valence electrons. The number of nitrogens with one attached hydrogen (secondary N) is 1. The fourth-order valence-corrected chi connectivity index (χ4v) is 2.80. The van der Waals surface area contributed by atoms with Crippen LogP contribution in [0.3, 0.4) is 0 Å². The molecule has 17 heavy (non-hydrogen) atoms. The molecule has 0 aromatic rings. The lowest BCUT2D eigenvalue weighted by Gasteiger charge is -2.36. The van der Waals surface area contributed by atoms with Gasteiger partial charge in [-0.3, -0.25) is 9.69 Å². The third-order valence-electron chi connectivity index (χ3n) is 4.05. The summed E-state index contributed by atoms with van der Waals surface area (Å²) in [5.74, 6) is 0.136. The summed E-state index contributed by atoms with van der Waals surface area (Å²) in [5, 5.41) is 12.1. The molecule has 2 saturated carbocycles. The van der Waals surface area contributed by atoms with E-state index in [9.17, 15) is 4.79 Å². The van der Waals surface area contributed by atoms with Crippen molar-refractivity contribution >= 4 is 5.91 Å². The van der Waals surface area contributed by atoms with Crippen LogP contribution in [0.5, 0.6) is 0 Å². The van der Waals surface area contributed by atoms with Crippen molar-refractivity contribution in [3.63, 3.8) is 0 Å². The number of carbonyl (C=O) groups is 1. The molecule has 2 fully saturated rings. The Kier molecular flexibility index (Phi) is 4.80. The zero-order chi connectivity index (χ0) is 12.1. The van der Waals surface area contributed by atoms with Crippen LogP contribution >= 0.6 is 0 Å². The second kappa shape index (κ2) is 6.36. The van der Waals surface area contributed by atoms with Crippen molar-refractivity contribution < 1.29 is 9.90 Å². The summed E-state index contributed by atoms with van der Waals surface area (Å²) in [4.78, 5) is 14.0. The summed E-state index contributed by atoms with van der Waals surface area (Å²) in [7, 11) is 0.